The SMILES string of the molecule is Cc1ccccc1Nc1nc(NC(C)C)nc(-c2ccccc2)n1. The van der Waals surface area contributed by atoms with E-state index in [1.807, 2.05) is 48.5 Å². The molecular formula is C19H21N5. The first-order valence-corrected chi connectivity index (χ1v) is 8.02. The summed E-state index contributed by atoms with van der Waals surface area (Å²) in [5, 5.41) is 6.55. The molecule has 0 unspecified atom stereocenters. The van der Waals surface area contributed by atoms with Gasteiger partial charge in [0.15, 0.2) is 5.82 Å². The van der Waals surface area contributed by atoms with Crippen LogP contribution in [0.1, 0.15) is 19.4 Å². The van der Waals surface area contributed by atoms with Gasteiger partial charge in [0.25, 0.3) is 0 Å². The second-order valence-electron chi connectivity index (χ2n) is 5.91. The first kappa shape index (κ1) is 15.9. The number of hydrogen-bond donors (Lipinski definition) is 2. The lowest BCUT2D eigenvalue weighted by atomic mass is 10.2. The van der Waals surface area contributed by atoms with Crippen LogP contribution in [0.4, 0.5) is 17.6 Å². The van der Waals surface area contributed by atoms with E-state index in [2.05, 4.69) is 52.4 Å². The van der Waals surface area contributed by atoms with Crippen molar-refractivity contribution in [3.8, 4) is 11.4 Å². The van der Waals surface area contributed by atoms with Gasteiger partial charge in [0.05, 0.1) is 0 Å². The van der Waals surface area contributed by atoms with Gasteiger partial charge in [0.1, 0.15) is 0 Å². The highest BCUT2D eigenvalue weighted by Gasteiger charge is 2.10. The Hall–Kier alpha value is -2.95. The summed E-state index contributed by atoms with van der Waals surface area (Å²) in [6, 6.07) is 18.2. The van der Waals surface area contributed by atoms with Crippen LogP contribution in [0.3, 0.4) is 0 Å². The molecule has 1 aromatic heterocycles. The topological polar surface area (TPSA) is 62.7 Å². The molecule has 24 heavy (non-hydrogen) atoms. The van der Waals surface area contributed by atoms with E-state index in [9.17, 15) is 0 Å². The van der Waals surface area contributed by atoms with Gasteiger partial charge in [-0.1, -0.05) is 48.5 Å². The van der Waals surface area contributed by atoms with Gasteiger partial charge in [-0.05, 0) is 32.4 Å². The number of para-hydroxylation sites is 1. The van der Waals surface area contributed by atoms with E-state index in [0.717, 1.165) is 16.8 Å². The van der Waals surface area contributed by atoms with Crippen LogP contribution in [0.25, 0.3) is 11.4 Å². The van der Waals surface area contributed by atoms with Crippen molar-refractivity contribution in [3.05, 3.63) is 60.2 Å². The lowest BCUT2D eigenvalue weighted by Gasteiger charge is -2.13. The fraction of sp³-hybridized carbons (Fsp3) is 0.211. The highest BCUT2D eigenvalue weighted by Crippen LogP contribution is 2.22. The maximum atomic E-state index is 4.57. The Labute approximate surface area is 142 Å². The van der Waals surface area contributed by atoms with Crippen LogP contribution in [0, 0.1) is 6.92 Å². The Morgan fingerprint density at radius 1 is 0.792 bits per heavy atom. The van der Waals surface area contributed by atoms with Crippen LogP contribution >= 0.6 is 0 Å². The summed E-state index contributed by atoms with van der Waals surface area (Å²) < 4.78 is 0. The predicted octanol–water partition coefficient (Wildman–Crippen LogP) is 4.41. The Kier molecular flexibility index (Phi) is 4.70. The van der Waals surface area contributed by atoms with Crippen LogP contribution < -0.4 is 10.6 Å². The smallest absolute Gasteiger partial charge is 0.232 e. The van der Waals surface area contributed by atoms with Crippen LogP contribution in [0.5, 0.6) is 0 Å². The number of benzene rings is 2. The second-order valence-corrected chi connectivity index (χ2v) is 5.91. The van der Waals surface area contributed by atoms with Gasteiger partial charge in [0.2, 0.25) is 11.9 Å². The fourth-order valence-electron chi connectivity index (χ4n) is 2.30. The molecule has 0 spiro atoms. The van der Waals surface area contributed by atoms with Crippen molar-refractivity contribution in [3.63, 3.8) is 0 Å². The van der Waals surface area contributed by atoms with E-state index >= 15 is 0 Å². The number of aryl methyl sites for hydroxylation is 1. The van der Waals surface area contributed by atoms with Gasteiger partial charge in [-0.15, -0.1) is 0 Å². The third-order valence-corrected chi connectivity index (χ3v) is 3.48. The van der Waals surface area contributed by atoms with E-state index in [1.165, 1.54) is 0 Å². The molecule has 0 fully saturated rings. The molecule has 1 heterocycles. The molecule has 5 heteroatoms. The highest BCUT2D eigenvalue weighted by atomic mass is 15.2. The van der Waals surface area contributed by atoms with Gasteiger partial charge in [-0.3, -0.25) is 0 Å². The fourth-order valence-corrected chi connectivity index (χ4v) is 2.30. The highest BCUT2D eigenvalue weighted by molar-refractivity contribution is 5.62. The average molecular weight is 319 g/mol. The maximum Gasteiger partial charge on any atom is 0.232 e. The van der Waals surface area contributed by atoms with E-state index in [0.29, 0.717) is 17.7 Å². The predicted molar refractivity (Wildman–Crippen MR) is 98.5 cm³/mol. The largest absolute Gasteiger partial charge is 0.352 e. The van der Waals surface area contributed by atoms with Crippen molar-refractivity contribution in [2.75, 3.05) is 10.6 Å². The maximum absolute atomic E-state index is 4.57. The Balaban J connectivity index is 2.00. The minimum absolute atomic E-state index is 0.238. The average Bonchev–Trinajstić information content (AvgIpc) is 2.57. The molecule has 122 valence electrons. The Morgan fingerprint density at radius 2 is 1.46 bits per heavy atom. The standard InChI is InChI=1S/C19H21N5/c1-13(2)20-18-22-17(15-10-5-4-6-11-15)23-19(24-18)21-16-12-8-7-9-14(16)3/h4-13H,1-3H3,(H2,20,21,22,23,24). The molecular weight excluding hydrogens is 298 g/mol. The van der Waals surface area contributed by atoms with Gasteiger partial charge < -0.3 is 10.6 Å². The molecule has 0 aliphatic heterocycles. The summed E-state index contributed by atoms with van der Waals surface area (Å²) in [7, 11) is 0. The zero-order chi connectivity index (χ0) is 16.9. The zero-order valence-electron chi connectivity index (χ0n) is 14.1. The third-order valence-electron chi connectivity index (χ3n) is 3.48. The van der Waals surface area contributed by atoms with Gasteiger partial charge in [0, 0.05) is 17.3 Å². The molecule has 3 rings (SSSR count). The molecule has 0 aliphatic rings. The van der Waals surface area contributed by atoms with Crippen LogP contribution in [0.2, 0.25) is 0 Å². The van der Waals surface area contributed by atoms with Crippen LogP contribution in [-0.4, -0.2) is 21.0 Å². The van der Waals surface area contributed by atoms with E-state index in [4.69, 9.17) is 0 Å². The molecule has 0 saturated heterocycles. The summed E-state index contributed by atoms with van der Waals surface area (Å²) in [5.74, 6) is 1.74. The summed E-state index contributed by atoms with van der Waals surface area (Å²) in [5.41, 5.74) is 3.08. The van der Waals surface area contributed by atoms with Crippen molar-refractivity contribution in [1.82, 2.24) is 15.0 Å². The van der Waals surface area contributed by atoms with Crippen molar-refractivity contribution in [2.45, 2.75) is 26.8 Å². The molecule has 5 nitrogen and oxygen atoms in total. The quantitative estimate of drug-likeness (QED) is 0.729. The van der Waals surface area contributed by atoms with Gasteiger partial charge >= 0.3 is 0 Å². The van der Waals surface area contributed by atoms with E-state index in [1.54, 1.807) is 0 Å². The van der Waals surface area contributed by atoms with E-state index < -0.39 is 0 Å². The molecule has 2 N–H and O–H groups in total. The van der Waals surface area contributed by atoms with Crippen molar-refractivity contribution >= 4 is 17.6 Å². The molecule has 0 saturated carbocycles. The second kappa shape index (κ2) is 7.08. The first-order chi connectivity index (χ1) is 11.6. The number of anilines is 3. The number of nitrogens with one attached hydrogen (secondary N) is 2. The van der Waals surface area contributed by atoms with Gasteiger partial charge in [-0.2, -0.15) is 15.0 Å². The van der Waals surface area contributed by atoms with Crippen LogP contribution in [0.15, 0.2) is 54.6 Å². The summed E-state index contributed by atoms with van der Waals surface area (Å²) >= 11 is 0. The lowest BCUT2D eigenvalue weighted by molar-refractivity contribution is 0.869. The number of nitrogens with zero attached hydrogens (tertiary/aromatic N) is 3. The zero-order valence-corrected chi connectivity index (χ0v) is 14.1. The summed E-state index contributed by atoms with van der Waals surface area (Å²) in [6.07, 6.45) is 0. The normalized spacial score (nSPS) is 10.7. The number of rotatable bonds is 5. The Morgan fingerprint density at radius 3 is 2.17 bits per heavy atom. The molecule has 0 aliphatic carbocycles. The summed E-state index contributed by atoms with van der Waals surface area (Å²) in [4.78, 5) is 13.6. The Bertz CT molecular complexity index is 815. The molecule has 2 aromatic carbocycles. The third kappa shape index (κ3) is 3.87. The molecule has 0 bridgehead atoms. The molecule has 0 atom stereocenters. The molecule has 3 aromatic rings. The molecule has 0 radical (unpaired) electrons. The van der Waals surface area contributed by atoms with Crippen molar-refractivity contribution in [1.29, 1.82) is 0 Å². The van der Waals surface area contributed by atoms with Gasteiger partial charge in [-0.25, -0.2) is 0 Å². The lowest BCUT2D eigenvalue weighted by Crippen LogP contribution is -2.14. The van der Waals surface area contributed by atoms with Crippen molar-refractivity contribution < 1.29 is 0 Å². The minimum Gasteiger partial charge on any atom is -0.352 e. The number of aromatic nitrogens is 3. The minimum atomic E-state index is 0.238. The van der Waals surface area contributed by atoms with Crippen LogP contribution in [-0.2, 0) is 0 Å². The first-order valence-electron chi connectivity index (χ1n) is 8.02. The monoisotopic (exact) mass is 319 g/mol. The van der Waals surface area contributed by atoms with Crippen molar-refractivity contribution in [2.24, 2.45) is 0 Å². The van der Waals surface area contributed by atoms with E-state index in [-0.39, 0.29) is 6.04 Å². The number of hydrogen-bond acceptors (Lipinski definition) is 5. The molecule has 0 amide bonds. The summed E-state index contributed by atoms with van der Waals surface area (Å²) in [6.45, 7) is 6.16.